The highest BCUT2D eigenvalue weighted by atomic mass is 35.5. The Labute approximate surface area is 106 Å². The van der Waals surface area contributed by atoms with Crippen LogP contribution in [0.3, 0.4) is 0 Å². The number of nitrogens with zero attached hydrogens (tertiary/aromatic N) is 1. The summed E-state index contributed by atoms with van der Waals surface area (Å²) in [6.07, 6.45) is 2.68. The average molecular weight is 254 g/mol. The molecule has 5 heteroatoms. The van der Waals surface area contributed by atoms with Gasteiger partial charge in [0.1, 0.15) is 11.0 Å². The molecule has 92 valence electrons. The second-order valence-corrected chi connectivity index (χ2v) is 4.65. The van der Waals surface area contributed by atoms with E-state index in [1.54, 1.807) is 18.2 Å². The minimum atomic E-state index is -0.440. The van der Waals surface area contributed by atoms with Gasteiger partial charge in [0.25, 0.3) is 0 Å². The molecule has 0 spiro atoms. The van der Waals surface area contributed by atoms with Crippen LogP contribution >= 0.6 is 11.6 Å². The van der Waals surface area contributed by atoms with E-state index in [4.69, 9.17) is 11.6 Å². The number of anilines is 1. The highest BCUT2D eigenvalue weighted by Crippen LogP contribution is 2.24. The summed E-state index contributed by atoms with van der Waals surface area (Å²) in [5, 5.41) is 6.48. The molecule has 1 aromatic heterocycles. The maximum Gasteiger partial charge on any atom is 0.245 e. The predicted molar refractivity (Wildman–Crippen MR) is 68.1 cm³/mol. The third-order valence-corrected chi connectivity index (χ3v) is 3.45. The quantitative estimate of drug-likeness (QED) is 0.812. The third kappa shape index (κ3) is 2.58. The number of carbonyl (C=O) groups excluding carboxylic acids is 1. The smallest absolute Gasteiger partial charge is 0.245 e. The van der Waals surface area contributed by atoms with E-state index < -0.39 is 5.54 Å². The third-order valence-electron chi connectivity index (χ3n) is 3.24. The van der Waals surface area contributed by atoms with E-state index in [1.165, 1.54) is 0 Å². The van der Waals surface area contributed by atoms with E-state index in [2.05, 4.69) is 15.6 Å². The molecule has 0 radical (unpaired) electrons. The van der Waals surface area contributed by atoms with Crippen LogP contribution in [0.15, 0.2) is 18.2 Å². The lowest BCUT2D eigenvalue weighted by Crippen LogP contribution is -2.50. The van der Waals surface area contributed by atoms with Crippen molar-refractivity contribution in [1.82, 2.24) is 10.3 Å². The van der Waals surface area contributed by atoms with Gasteiger partial charge in [-0.15, -0.1) is 0 Å². The first-order valence-electron chi connectivity index (χ1n) is 5.85. The van der Waals surface area contributed by atoms with E-state index in [-0.39, 0.29) is 5.91 Å². The van der Waals surface area contributed by atoms with Gasteiger partial charge in [-0.25, -0.2) is 4.98 Å². The van der Waals surface area contributed by atoms with Crippen LogP contribution in [-0.4, -0.2) is 23.0 Å². The van der Waals surface area contributed by atoms with Gasteiger partial charge < -0.3 is 10.6 Å². The molecule has 2 heterocycles. The largest absolute Gasteiger partial charge is 0.309 e. The lowest BCUT2D eigenvalue weighted by molar-refractivity contribution is -0.122. The SMILES string of the molecule is CCC1(C(=O)Nc2cccc(Cl)n2)CCCN1. The number of pyridine rings is 1. The van der Waals surface area contributed by atoms with Crippen molar-refractivity contribution in [3.63, 3.8) is 0 Å². The molecule has 2 rings (SSSR count). The Morgan fingerprint density at radius 2 is 2.47 bits per heavy atom. The van der Waals surface area contributed by atoms with Crippen LogP contribution in [-0.2, 0) is 4.79 Å². The molecule has 1 atom stereocenters. The van der Waals surface area contributed by atoms with E-state index in [9.17, 15) is 4.79 Å². The summed E-state index contributed by atoms with van der Waals surface area (Å²) in [6, 6.07) is 5.19. The Bertz CT molecular complexity index is 416. The maximum atomic E-state index is 12.2. The Balaban J connectivity index is 2.10. The molecule has 1 aromatic rings. The normalized spacial score (nSPS) is 23.6. The summed E-state index contributed by atoms with van der Waals surface area (Å²) < 4.78 is 0. The van der Waals surface area contributed by atoms with Crippen LogP contribution in [0.4, 0.5) is 5.82 Å². The molecular weight excluding hydrogens is 238 g/mol. The zero-order chi connectivity index (χ0) is 12.3. The molecule has 0 saturated carbocycles. The Kier molecular flexibility index (Phi) is 3.64. The van der Waals surface area contributed by atoms with Gasteiger partial charge in [0.2, 0.25) is 5.91 Å². The van der Waals surface area contributed by atoms with Gasteiger partial charge in [0, 0.05) is 0 Å². The number of hydrogen-bond donors (Lipinski definition) is 2. The zero-order valence-electron chi connectivity index (χ0n) is 9.79. The highest BCUT2D eigenvalue weighted by Gasteiger charge is 2.39. The molecule has 0 aliphatic carbocycles. The summed E-state index contributed by atoms with van der Waals surface area (Å²) in [7, 11) is 0. The molecule has 1 unspecified atom stereocenters. The maximum absolute atomic E-state index is 12.2. The molecule has 0 aromatic carbocycles. The second-order valence-electron chi connectivity index (χ2n) is 4.27. The summed E-state index contributed by atoms with van der Waals surface area (Å²) in [5.74, 6) is 0.483. The van der Waals surface area contributed by atoms with E-state index in [0.29, 0.717) is 11.0 Å². The van der Waals surface area contributed by atoms with Crippen LogP contribution in [0.5, 0.6) is 0 Å². The minimum Gasteiger partial charge on any atom is -0.309 e. The van der Waals surface area contributed by atoms with E-state index in [0.717, 1.165) is 25.8 Å². The van der Waals surface area contributed by atoms with Gasteiger partial charge in [-0.05, 0) is 37.9 Å². The molecule has 0 bridgehead atoms. The number of amides is 1. The number of hydrogen-bond acceptors (Lipinski definition) is 3. The van der Waals surface area contributed by atoms with Gasteiger partial charge in [-0.1, -0.05) is 24.6 Å². The van der Waals surface area contributed by atoms with Crippen LogP contribution < -0.4 is 10.6 Å². The minimum absolute atomic E-state index is 0.0210. The topological polar surface area (TPSA) is 54.0 Å². The lowest BCUT2D eigenvalue weighted by atomic mass is 9.93. The van der Waals surface area contributed by atoms with Crippen molar-refractivity contribution in [2.75, 3.05) is 11.9 Å². The highest BCUT2D eigenvalue weighted by molar-refractivity contribution is 6.29. The van der Waals surface area contributed by atoms with Crippen molar-refractivity contribution < 1.29 is 4.79 Å². The number of rotatable bonds is 3. The van der Waals surface area contributed by atoms with Crippen molar-refractivity contribution in [2.24, 2.45) is 0 Å². The number of aromatic nitrogens is 1. The second kappa shape index (κ2) is 5.02. The Hall–Kier alpha value is -1.13. The predicted octanol–water partition coefficient (Wildman–Crippen LogP) is 2.21. The zero-order valence-corrected chi connectivity index (χ0v) is 10.5. The first kappa shape index (κ1) is 12.3. The fraction of sp³-hybridized carbons (Fsp3) is 0.500. The van der Waals surface area contributed by atoms with Crippen molar-refractivity contribution in [3.8, 4) is 0 Å². The van der Waals surface area contributed by atoms with Crippen LogP contribution in [0.1, 0.15) is 26.2 Å². The summed E-state index contributed by atoms with van der Waals surface area (Å²) in [4.78, 5) is 16.3. The van der Waals surface area contributed by atoms with Crippen LogP contribution in [0, 0.1) is 0 Å². The van der Waals surface area contributed by atoms with Crippen molar-refractivity contribution in [3.05, 3.63) is 23.4 Å². The molecule has 1 amide bonds. The average Bonchev–Trinajstić information content (AvgIpc) is 2.78. The van der Waals surface area contributed by atoms with Crippen LogP contribution in [0.2, 0.25) is 5.15 Å². The summed E-state index contributed by atoms with van der Waals surface area (Å²) >= 11 is 5.78. The first-order chi connectivity index (χ1) is 8.16. The van der Waals surface area contributed by atoms with Crippen molar-refractivity contribution in [2.45, 2.75) is 31.7 Å². The van der Waals surface area contributed by atoms with Gasteiger partial charge in [-0.2, -0.15) is 0 Å². The first-order valence-corrected chi connectivity index (χ1v) is 6.23. The number of carbonyl (C=O) groups is 1. The Morgan fingerprint density at radius 1 is 1.65 bits per heavy atom. The fourth-order valence-corrected chi connectivity index (χ4v) is 2.34. The summed E-state index contributed by atoms with van der Waals surface area (Å²) in [5.41, 5.74) is -0.440. The monoisotopic (exact) mass is 253 g/mol. The van der Waals surface area contributed by atoms with Crippen molar-refractivity contribution >= 4 is 23.3 Å². The van der Waals surface area contributed by atoms with Gasteiger partial charge >= 0.3 is 0 Å². The fourth-order valence-electron chi connectivity index (χ4n) is 2.18. The molecule has 2 N–H and O–H groups in total. The number of nitrogens with one attached hydrogen (secondary N) is 2. The summed E-state index contributed by atoms with van der Waals surface area (Å²) in [6.45, 7) is 2.91. The lowest BCUT2D eigenvalue weighted by Gasteiger charge is -2.26. The molecular formula is C12H16ClN3O. The molecule has 17 heavy (non-hydrogen) atoms. The van der Waals surface area contributed by atoms with Crippen LogP contribution in [0.25, 0.3) is 0 Å². The standard InChI is InChI=1S/C12H16ClN3O/c1-2-12(7-4-8-14-12)11(17)16-10-6-3-5-9(13)15-10/h3,5-6,14H,2,4,7-8H2,1H3,(H,15,16,17). The van der Waals surface area contributed by atoms with Crippen molar-refractivity contribution in [1.29, 1.82) is 0 Å². The molecule has 1 aliphatic rings. The molecule has 1 saturated heterocycles. The molecule has 1 fully saturated rings. The molecule has 1 aliphatic heterocycles. The van der Waals surface area contributed by atoms with Gasteiger partial charge in [0.05, 0.1) is 5.54 Å². The van der Waals surface area contributed by atoms with E-state index >= 15 is 0 Å². The van der Waals surface area contributed by atoms with E-state index in [1.807, 2.05) is 6.92 Å². The Morgan fingerprint density at radius 3 is 3.06 bits per heavy atom. The number of halogens is 1. The molecule has 4 nitrogen and oxygen atoms in total. The van der Waals surface area contributed by atoms with Gasteiger partial charge in [-0.3, -0.25) is 4.79 Å². The van der Waals surface area contributed by atoms with Gasteiger partial charge in [0.15, 0.2) is 0 Å².